The Bertz CT molecular complexity index is 307. The van der Waals surface area contributed by atoms with Gasteiger partial charge in [0.25, 0.3) is 0 Å². The van der Waals surface area contributed by atoms with Gasteiger partial charge >= 0.3 is 0 Å². The molecule has 0 aromatic heterocycles. The Labute approximate surface area is 136 Å². The van der Waals surface area contributed by atoms with E-state index in [1.165, 1.54) is 19.4 Å². The molecule has 0 radical (unpaired) electrons. The molecule has 0 amide bonds. The minimum Gasteiger partial charge on any atom is -0.361 e. The molecule has 1 N–H and O–H groups in total. The lowest BCUT2D eigenvalue weighted by atomic mass is 10.2. The summed E-state index contributed by atoms with van der Waals surface area (Å²) < 4.78 is 0. The van der Waals surface area contributed by atoms with Crippen molar-refractivity contribution in [3.63, 3.8) is 0 Å². The number of likely N-dealkylation sites (tertiary alicyclic amines) is 1. The van der Waals surface area contributed by atoms with Gasteiger partial charge in [-0.25, -0.2) is 0 Å². The predicted octanol–water partition coefficient (Wildman–Crippen LogP) is 1.86. The zero-order valence-electron chi connectivity index (χ0n) is 14.6. The molecule has 1 saturated heterocycles. The molecule has 0 aromatic rings. The van der Waals surface area contributed by atoms with Gasteiger partial charge in [-0.2, -0.15) is 0 Å². The van der Waals surface area contributed by atoms with Crippen LogP contribution < -0.4 is 5.32 Å². The fraction of sp³-hybridized carbons (Fsp3) is 0.938. The molecule has 0 aromatic carbocycles. The first-order chi connectivity index (χ1) is 9.93. The molecule has 5 heteroatoms. The normalized spacial score (nSPS) is 19.5. The lowest BCUT2D eigenvalue weighted by molar-refractivity contribution is 0.262. The summed E-state index contributed by atoms with van der Waals surface area (Å²) in [6, 6.07) is 0.655. The first-order valence-electron chi connectivity index (χ1n) is 8.35. The smallest absolute Gasteiger partial charge is 0.169 e. The van der Waals surface area contributed by atoms with Gasteiger partial charge in [-0.1, -0.05) is 20.8 Å². The third-order valence-electron chi connectivity index (χ3n) is 4.08. The first-order valence-corrected chi connectivity index (χ1v) is 8.76. The Balaban J connectivity index is 2.43. The topological polar surface area (TPSA) is 21.8 Å². The van der Waals surface area contributed by atoms with Crippen LogP contribution in [0.2, 0.25) is 0 Å². The van der Waals surface area contributed by atoms with Crippen molar-refractivity contribution in [1.82, 2.24) is 20.0 Å². The van der Waals surface area contributed by atoms with E-state index < -0.39 is 0 Å². The highest BCUT2D eigenvalue weighted by atomic mass is 32.1. The number of nitrogens with one attached hydrogen (secondary N) is 1. The van der Waals surface area contributed by atoms with Gasteiger partial charge in [0.15, 0.2) is 5.11 Å². The van der Waals surface area contributed by atoms with E-state index in [9.17, 15) is 0 Å². The molecule has 1 fully saturated rings. The van der Waals surface area contributed by atoms with Crippen LogP contribution in [0.5, 0.6) is 0 Å². The van der Waals surface area contributed by atoms with Crippen molar-refractivity contribution < 1.29 is 0 Å². The van der Waals surface area contributed by atoms with Crippen LogP contribution in [-0.2, 0) is 0 Å². The Morgan fingerprint density at radius 1 is 1.33 bits per heavy atom. The van der Waals surface area contributed by atoms with Gasteiger partial charge in [-0.05, 0) is 58.2 Å². The molecule has 1 aliphatic rings. The first kappa shape index (κ1) is 18.7. The summed E-state index contributed by atoms with van der Waals surface area (Å²) in [5, 5.41) is 4.44. The summed E-state index contributed by atoms with van der Waals surface area (Å²) in [5.74, 6) is 0.630. The molecule has 0 spiro atoms. The standard InChI is InChI=1S/C16H34N4S/c1-6-19-9-7-8-15(19)12-17-16(21)20(13-14(2)3)11-10-18(4)5/h14-15H,6-13H2,1-5H3,(H,17,21). The summed E-state index contributed by atoms with van der Waals surface area (Å²) in [6.07, 6.45) is 2.62. The van der Waals surface area contributed by atoms with E-state index in [1.807, 2.05) is 0 Å². The summed E-state index contributed by atoms with van der Waals surface area (Å²) in [4.78, 5) is 7.10. The van der Waals surface area contributed by atoms with Crippen molar-refractivity contribution in [2.45, 2.75) is 39.7 Å². The van der Waals surface area contributed by atoms with Crippen LogP contribution in [0.1, 0.15) is 33.6 Å². The van der Waals surface area contributed by atoms with Gasteiger partial charge in [-0.15, -0.1) is 0 Å². The minimum absolute atomic E-state index is 0.630. The molecular weight excluding hydrogens is 280 g/mol. The molecule has 1 unspecified atom stereocenters. The van der Waals surface area contributed by atoms with Gasteiger partial charge in [0.2, 0.25) is 0 Å². The molecule has 0 saturated carbocycles. The molecule has 124 valence electrons. The van der Waals surface area contributed by atoms with Crippen LogP contribution in [0.4, 0.5) is 0 Å². The summed E-state index contributed by atoms with van der Waals surface area (Å²) >= 11 is 5.63. The third kappa shape index (κ3) is 6.94. The Morgan fingerprint density at radius 2 is 2.05 bits per heavy atom. The Hall–Kier alpha value is -0.390. The Morgan fingerprint density at radius 3 is 2.62 bits per heavy atom. The second kappa shape index (κ2) is 9.59. The zero-order chi connectivity index (χ0) is 15.8. The number of rotatable bonds is 8. The molecular formula is C16H34N4S. The van der Waals surface area contributed by atoms with Crippen LogP contribution in [0.3, 0.4) is 0 Å². The van der Waals surface area contributed by atoms with Crippen molar-refractivity contribution in [1.29, 1.82) is 0 Å². The van der Waals surface area contributed by atoms with Gasteiger partial charge in [-0.3, -0.25) is 4.90 Å². The lowest BCUT2D eigenvalue weighted by Gasteiger charge is -2.30. The minimum atomic E-state index is 0.630. The molecule has 1 aliphatic heterocycles. The van der Waals surface area contributed by atoms with E-state index in [2.05, 4.69) is 54.9 Å². The summed E-state index contributed by atoms with van der Waals surface area (Å²) in [7, 11) is 4.23. The largest absolute Gasteiger partial charge is 0.361 e. The zero-order valence-corrected chi connectivity index (χ0v) is 15.4. The second-order valence-electron chi connectivity index (χ2n) is 6.75. The highest BCUT2D eigenvalue weighted by molar-refractivity contribution is 7.80. The van der Waals surface area contributed by atoms with Crippen LogP contribution in [0.25, 0.3) is 0 Å². The number of hydrogen-bond donors (Lipinski definition) is 1. The molecule has 1 heterocycles. The van der Waals surface area contributed by atoms with Crippen molar-refractivity contribution in [3.05, 3.63) is 0 Å². The van der Waals surface area contributed by atoms with Gasteiger partial charge in [0.05, 0.1) is 0 Å². The maximum Gasteiger partial charge on any atom is 0.169 e. The van der Waals surface area contributed by atoms with E-state index in [0.717, 1.165) is 37.8 Å². The molecule has 1 atom stereocenters. The van der Waals surface area contributed by atoms with E-state index >= 15 is 0 Å². The van der Waals surface area contributed by atoms with Crippen LogP contribution in [-0.4, -0.2) is 79.2 Å². The summed E-state index contributed by atoms with van der Waals surface area (Å²) in [5.41, 5.74) is 0. The highest BCUT2D eigenvalue weighted by Gasteiger charge is 2.23. The maximum absolute atomic E-state index is 5.63. The fourth-order valence-corrected chi connectivity index (χ4v) is 3.15. The quantitative estimate of drug-likeness (QED) is 0.689. The van der Waals surface area contributed by atoms with Crippen LogP contribution >= 0.6 is 12.2 Å². The van der Waals surface area contributed by atoms with Crippen molar-refractivity contribution >= 4 is 17.3 Å². The monoisotopic (exact) mass is 314 g/mol. The van der Waals surface area contributed by atoms with E-state index in [4.69, 9.17) is 12.2 Å². The Kier molecular flexibility index (Phi) is 8.52. The number of likely N-dealkylation sites (N-methyl/N-ethyl adjacent to an activating group) is 2. The van der Waals surface area contributed by atoms with Gasteiger partial charge in [0, 0.05) is 32.2 Å². The molecule has 21 heavy (non-hydrogen) atoms. The third-order valence-corrected chi connectivity index (χ3v) is 4.49. The van der Waals surface area contributed by atoms with E-state index in [-0.39, 0.29) is 0 Å². The molecule has 4 nitrogen and oxygen atoms in total. The molecule has 0 bridgehead atoms. The van der Waals surface area contributed by atoms with E-state index in [0.29, 0.717) is 12.0 Å². The predicted molar refractivity (Wildman–Crippen MR) is 95.8 cm³/mol. The van der Waals surface area contributed by atoms with Crippen molar-refractivity contribution in [3.8, 4) is 0 Å². The van der Waals surface area contributed by atoms with E-state index in [1.54, 1.807) is 0 Å². The van der Waals surface area contributed by atoms with Crippen molar-refractivity contribution in [2.24, 2.45) is 5.92 Å². The number of thiocarbonyl (C=S) groups is 1. The van der Waals surface area contributed by atoms with Crippen molar-refractivity contribution in [2.75, 3.05) is 53.4 Å². The average Bonchev–Trinajstić information content (AvgIpc) is 2.87. The maximum atomic E-state index is 5.63. The number of hydrogen-bond acceptors (Lipinski definition) is 3. The van der Waals surface area contributed by atoms with Gasteiger partial charge in [0.1, 0.15) is 0 Å². The lowest BCUT2D eigenvalue weighted by Crippen LogP contribution is -2.48. The highest BCUT2D eigenvalue weighted by Crippen LogP contribution is 2.15. The molecule has 1 rings (SSSR count). The number of nitrogens with zero attached hydrogens (tertiary/aromatic N) is 3. The fourth-order valence-electron chi connectivity index (χ4n) is 2.90. The summed E-state index contributed by atoms with van der Waals surface area (Å²) in [6.45, 7) is 13.2. The SMILES string of the molecule is CCN1CCCC1CNC(=S)N(CCN(C)C)CC(C)C. The second-order valence-corrected chi connectivity index (χ2v) is 7.14. The van der Waals surface area contributed by atoms with Gasteiger partial charge < -0.3 is 15.1 Å². The van der Waals surface area contributed by atoms with Crippen LogP contribution in [0, 0.1) is 5.92 Å². The molecule has 0 aliphatic carbocycles. The average molecular weight is 315 g/mol. The van der Waals surface area contributed by atoms with Crippen LogP contribution in [0.15, 0.2) is 0 Å².